The third-order valence-corrected chi connectivity index (χ3v) is 4.81. The van der Waals surface area contributed by atoms with Gasteiger partial charge in [-0.05, 0) is 53.1 Å². The normalized spacial score (nSPS) is 14.2. The number of amides is 1. The molecule has 0 radical (unpaired) electrons. The molecule has 0 aliphatic carbocycles. The highest BCUT2D eigenvalue weighted by Crippen LogP contribution is 2.31. The number of Topliss-reactive ketones (excluding diaryl/α,β-unsaturated/α-hetero) is 1. The van der Waals surface area contributed by atoms with Crippen molar-refractivity contribution >= 4 is 28.7 Å². The molecule has 2 heterocycles. The number of hydrogen-bond acceptors (Lipinski definition) is 4. The maximum Gasteiger partial charge on any atom is 0.300 e. The molecular weight excluding hydrogens is 308 g/mol. The van der Waals surface area contributed by atoms with E-state index in [1.165, 1.54) is 5.56 Å². The van der Waals surface area contributed by atoms with Gasteiger partial charge in [-0.2, -0.15) is 11.3 Å². The number of benzene rings is 1. The van der Waals surface area contributed by atoms with Crippen LogP contribution in [0.2, 0.25) is 0 Å². The number of fused-ring (bicyclic) bond motifs is 1. The molecule has 0 atom stereocenters. The van der Waals surface area contributed by atoms with E-state index in [1.54, 1.807) is 16.2 Å². The van der Waals surface area contributed by atoms with Crippen molar-refractivity contribution in [2.45, 2.75) is 26.3 Å². The second-order valence-corrected chi connectivity index (χ2v) is 7.06. The van der Waals surface area contributed by atoms with Crippen LogP contribution in [0.5, 0.6) is 0 Å². The Hall–Kier alpha value is -1.98. The first-order valence-electron chi connectivity index (χ1n) is 7.67. The molecule has 0 fully saturated rings. The number of nitrogens with zero attached hydrogens (tertiary/aromatic N) is 2. The van der Waals surface area contributed by atoms with Crippen LogP contribution in [0.3, 0.4) is 0 Å². The average Bonchev–Trinajstić information content (AvgIpc) is 3.10. The second kappa shape index (κ2) is 6.26. The van der Waals surface area contributed by atoms with E-state index in [9.17, 15) is 9.59 Å². The van der Waals surface area contributed by atoms with Crippen molar-refractivity contribution in [1.82, 2.24) is 4.90 Å². The predicted octanol–water partition coefficient (Wildman–Crippen LogP) is 3.49. The lowest BCUT2D eigenvalue weighted by atomic mass is 9.99. The molecule has 3 rings (SSSR count). The lowest BCUT2D eigenvalue weighted by Crippen LogP contribution is -2.38. The van der Waals surface area contributed by atoms with Crippen LogP contribution in [0.25, 0.3) is 0 Å². The number of rotatable bonds is 5. The highest BCUT2D eigenvalue weighted by atomic mass is 32.1. The molecule has 1 aliphatic heterocycles. The minimum absolute atomic E-state index is 0.332. The van der Waals surface area contributed by atoms with Gasteiger partial charge in [0.05, 0.1) is 17.9 Å². The zero-order chi connectivity index (χ0) is 16.6. The summed E-state index contributed by atoms with van der Waals surface area (Å²) in [7, 11) is 1.95. The lowest BCUT2D eigenvalue weighted by Gasteiger charge is -2.24. The molecule has 4 nitrogen and oxygen atoms in total. The number of ketones is 1. The van der Waals surface area contributed by atoms with Crippen molar-refractivity contribution in [2.24, 2.45) is 0 Å². The average molecular weight is 328 g/mol. The van der Waals surface area contributed by atoms with Crippen molar-refractivity contribution in [2.75, 3.05) is 18.6 Å². The summed E-state index contributed by atoms with van der Waals surface area (Å²) in [6.45, 7) is 5.32. The van der Waals surface area contributed by atoms with Crippen LogP contribution in [-0.4, -0.2) is 30.3 Å². The van der Waals surface area contributed by atoms with Crippen molar-refractivity contribution < 1.29 is 9.59 Å². The summed E-state index contributed by atoms with van der Waals surface area (Å²) in [4.78, 5) is 28.2. The molecule has 0 N–H and O–H groups in total. The summed E-state index contributed by atoms with van der Waals surface area (Å²) in [5, 5.41) is 4.13. The Kier molecular flexibility index (Phi) is 4.33. The van der Waals surface area contributed by atoms with Crippen molar-refractivity contribution in [3.63, 3.8) is 0 Å². The van der Waals surface area contributed by atoms with Crippen LogP contribution in [0.4, 0.5) is 5.69 Å². The number of thiophene rings is 1. The third-order valence-electron chi connectivity index (χ3n) is 4.08. The van der Waals surface area contributed by atoms with Gasteiger partial charge in [-0.25, -0.2) is 0 Å². The van der Waals surface area contributed by atoms with E-state index in [1.807, 2.05) is 35.5 Å². The molecular formula is C18H20N2O2S. The zero-order valence-corrected chi connectivity index (χ0v) is 14.4. The summed E-state index contributed by atoms with van der Waals surface area (Å²) in [5.41, 5.74) is 3.55. The van der Waals surface area contributed by atoms with Crippen LogP contribution in [0, 0.1) is 0 Å². The number of carbonyl (C=O) groups is 2. The fourth-order valence-corrected chi connectivity index (χ4v) is 3.46. The van der Waals surface area contributed by atoms with Gasteiger partial charge in [0.1, 0.15) is 0 Å². The number of carbonyl (C=O) groups excluding carboxylic acids is 2. The second-order valence-electron chi connectivity index (χ2n) is 6.28. The van der Waals surface area contributed by atoms with Gasteiger partial charge in [-0.1, -0.05) is 19.9 Å². The smallest absolute Gasteiger partial charge is 0.291 e. The van der Waals surface area contributed by atoms with Crippen LogP contribution in [0.1, 0.15) is 41.3 Å². The SMILES string of the molecule is CC(C)c1ccc2c(c1)C(=O)C(=O)N2CN(C)Cc1ccsc1. The minimum atomic E-state index is -0.432. The van der Waals surface area contributed by atoms with E-state index in [0.29, 0.717) is 18.2 Å². The lowest BCUT2D eigenvalue weighted by molar-refractivity contribution is -0.114. The standard InChI is InChI=1S/C18H20N2O2S/c1-12(2)14-4-5-16-15(8-14)17(21)18(22)20(16)11-19(3)9-13-6-7-23-10-13/h4-8,10,12H,9,11H2,1-3H3. The van der Waals surface area contributed by atoms with Crippen LogP contribution in [-0.2, 0) is 11.3 Å². The van der Waals surface area contributed by atoms with Crippen LogP contribution < -0.4 is 4.90 Å². The Balaban J connectivity index is 1.81. The summed E-state index contributed by atoms with van der Waals surface area (Å²) >= 11 is 1.66. The van der Waals surface area contributed by atoms with Crippen LogP contribution >= 0.6 is 11.3 Å². The topological polar surface area (TPSA) is 40.6 Å². The molecule has 1 aliphatic rings. The maximum absolute atomic E-state index is 12.3. The predicted molar refractivity (Wildman–Crippen MR) is 93.0 cm³/mol. The van der Waals surface area contributed by atoms with Gasteiger partial charge in [0.15, 0.2) is 0 Å². The molecule has 0 spiro atoms. The monoisotopic (exact) mass is 328 g/mol. The third kappa shape index (κ3) is 3.07. The minimum Gasteiger partial charge on any atom is -0.291 e. The molecule has 1 aromatic carbocycles. The van der Waals surface area contributed by atoms with Gasteiger partial charge < -0.3 is 0 Å². The highest BCUT2D eigenvalue weighted by molar-refractivity contribution is 7.07. The van der Waals surface area contributed by atoms with E-state index in [4.69, 9.17) is 0 Å². The van der Waals surface area contributed by atoms with Gasteiger partial charge in [0, 0.05) is 6.54 Å². The van der Waals surface area contributed by atoms with Gasteiger partial charge >= 0.3 is 5.91 Å². The van der Waals surface area contributed by atoms with Crippen LogP contribution in [0.15, 0.2) is 35.0 Å². The summed E-state index contributed by atoms with van der Waals surface area (Å²) in [6, 6.07) is 7.83. The first-order chi connectivity index (χ1) is 11.0. The number of hydrogen-bond donors (Lipinski definition) is 0. The molecule has 0 saturated heterocycles. The molecule has 120 valence electrons. The van der Waals surface area contributed by atoms with E-state index < -0.39 is 11.7 Å². The molecule has 0 unspecified atom stereocenters. The van der Waals surface area contributed by atoms with E-state index >= 15 is 0 Å². The summed E-state index contributed by atoms with van der Waals surface area (Å²) in [6.07, 6.45) is 0. The van der Waals surface area contributed by atoms with E-state index in [-0.39, 0.29) is 0 Å². The molecule has 0 saturated carbocycles. The molecule has 1 amide bonds. The molecule has 2 aromatic rings. The largest absolute Gasteiger partial charge is 0.300 e. The Morgan fingerprint density at radius 2 is 2.00 bits per heavy atom. The maximum atomic E-state index is 12.3. The van der Waals surface area contributed by atoms with Gasteiger partial charge in [0.25, 0.3) is 5.78 Å². The molecule has 1 aromatic heterocycles. The Labute approximate surface area is 140 Å². The molecule has 0 bridgehead atoms. The van der Waals surface area contributed by atoms with Gasteiger partial charge in [-0.15, -0.1) is 0 Å². The fraction of sp³-hybridized carbons (Fsp3) is 0.333. The van der Waals surface area contributed by atoms with Gasteiger partial charge in [-0.3, -0.25) is 19.4 Å². The van der Waals surface area contributed by atoms with Gasteiger partial charge in [0.2, 0.25) is 0 Å². The Morgan fingerprint density at radius 1 is 1.22 bits per heavy atom. The zero-order valence-electron chi connectivity index (χ0n) is 13.6. The van der Waals surface area contributed by atoms with Crippen molar-refractivity contribution in [3.8, 4) is 0 Å². The fourth-order valence-electron chi connectivity index (χ4n) is 2.80. The first-order valence-corrected chi connectivity index (χ1v) is 8.61. The summed E-state index contributed by atoms with van der Waals surface area (Å²) < 4.78 is 0. The molecule has 23 heavy (non-hydrogen) atoms. The highest BCUT2D eigenvalue weighted by Gasteiger charge is 2.36. The Bertz CT molecular complexity index is 737. The Morgan fingerprint density at radius 3 is 2.65 bits per heavy atom. The number of anilines is 1. The van der Waals surface area contributed by atoms with E-state index in [0.717, 1.165) is 17.8 Å². The van der Waals surface area contributed by atoms with Crippen molar-refractivity contribution in [1.29, 1.82) is 0 Å². The van der Waals surface area contributed by atoms with Crippen molar-refractivity contribution in [3.05, 3.63) is 51.7 Å². The first kappa shape index (κ1) is 15.9. The van der Waals surface area contributed by atoms with E-state index in [2.05, 4.69) is 25.3 Å². The summed E-state index contributed by atoms with van der Waals surface area (Å²) in [5.74, 6) is -0.497. The molecule has 5 heteroatoms. The quantitative estimate of drug-likeness (QED) is 0.789.